The van der Waals surface area contributed by atoms with Gasteiger partial charge in [0.25, 0.3) is 0 Å². The Hall–Kier alpha value is -2.15. The number of benzene rings is 1. The largest absolute Gasteiger partial charge is 0.632 e. The van der Waals surface area contributed by atoms with Gasteiger partial charge in [-0.05, 0) is 23.6 Å². The van der Waals surface area contributed by atoms with Crippen molar-refractivity contribution < 1.29 is 4.65 Å². The molecule has 1 fully saturated rings. The average molecular weight is 386 g/mol. The number of likely N-dealkylation sites (tertiary alicyclic amines) is 1. The fourth-order valence-electron chi connectivity index (χ4n) is 4.13. The number of aromatic amines is 1. The first kappa shape index (κ1) is 18.2. The van der Waals surface area contributed by atoms with Gasteiger partial charge in [-0.25, -0.2) is 0 Å². The Morgan fingerprint density at radius 1 is 1.26 bits per heavy atom. The molecule has 1 aliphatic heterocycles. The van der Waals surface area contributed by atoms with Gasteiger partial charge in [-0.3, -0.25) is 0 Å². The van der Waals surface area contributed by atoms with Gasteiger partial charge < -0.3 is 19.7 Å². The van der Waals surface area contributed by atoms with E-state index in [0.717, 1.165) is 23.2 Å². The molecular formula is C20H24ClN5O. The van der Waals surface area contributed by atoms with Gasteiger partial charge >= 0.3 is 0 Å². The van der Waals surface area contributed by atoms with E-state index >= 15 is 0 Å². The number of halogens is 1. The molecule has 1 aliphatic rings. The van der Waals surface area contributed by atoms with Crippen molar-refractivity contribution in [2.24, 2.45) is 5.92 Å². The Labute approximate surface area is 164 Å². The molecule has 3 heterocycles. The average Bonchev–Trinajstić information content (AvgIpc) is 3.12. The van der Waals surface area contributed by atoms with Crippen molar-refractivity contribution in [3.63, 3.8) is 0 Å². The number of hydrogen-bond donors (Lipinski definition) is 1. The maximum atomic E-state index is 13.5. The summed E-state index contributed by atoms with van der Waals surface area (Å²) >= 11 is 6.13. The Kier molecular flexibility index (Phi) is 4.80. The molecule has 0 radical (unpaired) electrons. The van der Waals surface area contributed by atoms with Gasteiger partial charge in [0, 0.05) is 25.2 Å². The van der Waals surface area contributed by atoms with Crippen LogP contribution < -0.4 is 4.90 Å². The molecule has 1 saturated heterocycles. The summed E-state index contributed by atoms with van der Waals surface area (Å²) in [7, 11) is 2.00. The molecule has 2 aromatic heterocycles. The smallest absolute Gasteiger partial charge is 0.226 e. The highest BCUT2D eigenvalue weighted by Crippen LogP contribution is 2.32. The lowest BCUT2D eigenvalue weighted by Gasteiger charge is -2.52. The van der Waals surface area contributed by atoms with Gasteiger partial charge in [0.15, 0.2) is 0 Å². The second-order valence-electron chi connectivity index (χ2n) is 7.61. The molecule has 6 nitrogen and oxygen atoms in total. The summed E-state index contributed by atoms with van der Waals surface area (Å²) in [6.07, 6.45) is 2.72. The zero-order chi connectivity index (χ0) is 19.0. The van der Waals surface area contributed by atoms with E-state index in [9.17, 15) is 5.21 Å². The molecule has 3 aromatic rings. The normalized spacial score (nSPS) is 25.6. The van der Waals surface area contributed by atoms with Gasteiger partial charge in [0.2, 0.25) is 5.28 Å². The van der Waals surface area contributed by atoms with Crippen LogP contribution in [-0.2, 0) is 6.54 Å². The van der Waals surface area contributed by atoms with Gasteiger partial charge in [-0.15, -0.1) is 0 Å². The molecule has 7 heteroatoms. The lowest BCUT2D eigenvalue weighted by atomic mass is 9.91. The number of aromatic nitrogens is 3. The number of quaternary nitrogens is 1. The first-order valence-electron chi connectivity index (χ1n) is 9.30. The molecule has 0 amide bonds. The molecule has 142 valence electrons. The molecule has 1 N–H and O–H groups in total. The van der Waals surface area contributed by atoms with Crippen LogP contribution in [0, 0.1) is 11.1 Å². The fraction of sp³-hybridized carbons (Fsp3) is 0.400. The number of rotatable bonds is 4. The van der Waals surface area contributed by atoms with Crippen LogP contribution in [0.3, 0.4) is 0 Å². The van der Waals surface area contributed by atoms with Crippen LogP contribution in [0.15, 0.2) is 42.6 Å². The number of anilines is 1. The molecule has 0 aliphatic carbocycles. The lowest BCUT2D eigenvalue weighted by Crippen LogP contribution is -2.58. The first-order chi connectivity index (χ1) is 13.0. The number of H-pyrrole nitrogens is 1. The van der Waals surface area contributed by atoms with Crippen LogP contribution in [0.4, 0.5) is 5.82 Å². The van der Waals surface area contributed by atoms with E-state index in [4.69, 9.17) is 11.6 Å². The topological polar surface area (TPSA) is 67.9 Å². The van der Waals surface area contributed by atoms with Crippen molar-refractivity contribution in [1.82, 2.24) is 15.0 Å². The van der Waals surface area contributed by atoms with Crippen LogP contribution in [-0.4, -0.2) is 45.8 Å². The van der Waals surface area contributed by atoms with Crippen LogP contribution in [0.2, 0.25) is 5.28 Å². The summed E-state index contributed by atoms with van der Waals surface area (Å²) < 4.78 is -0.210. The van der Waals surface area contributed by atoms with Crippen molar-refractivity contribution in [1.29, 1.82) is 0 Å². The van der Waals surface area contributed by atoms with Crippen molar-refractivity contribution >= 4 is 28.5 Å². The number of fused-ring (bicyclic) bond motifs is 1. The van der Waals surface area contributed by atoms with Crippen LogP contribution in [0.25, 0.3) is 11.0 Å². The van der Waals surface area contributed by atoms with E-state index in [1.54, 1.807) is 0 Å². The zero-order valence-electron chi connectivity index (χ0n) is 15.6. The monoisotopic (exact) mass is 385 g/mol. The maximum Gasteiger partial charge on any atom is 0.226 e. The van der Waals surface area contributed by atoms with E-state index in [0.29, 0.717) is 31.2 Å². The molecule has 0 saturated carbocycles. The molecule has 27 heavy (non-hydrogen) atoms. The summed E-state index contributed by atoms with van der Waals surface area (Å²) in [6.45, 7) is 3.89. The molecule has 4 rings (SSSR count). The number of hydroxylamine groups is 3. The third-order valence-electron chi connectivity index (χ3n) is 5.68. The minimum Gasteiger partial charge on any atom is -0.632 e. The molecule has 1 aromatic carbocycles. The molecular weight excluding hydrogens is 362 g/mol. The second kappa shape index (κ2) is 7.11. The van der Waals surface area contributed by atoms with Gasteiger partial charge in [-0.2, -0.15) is 9.97 Å². The summed E-state index contributed by atoms with van der Waals surface area (Å²) in [4.78, 5) is 13.9. The quantitative estimate of drug-likeness (QED) is 0.419. The minimum absolute atomic E-state index is 0.0871. The number of likely N-dealkylation sites (N-methyl/N-ethyl adjacent to an activating group) is 1. The number of piperidine rings is 1. The van der Waals surface area contributed by atoms with Crippen molar-refractivity contribution in [2.45, 2.75) is 25.9 Å². The predicted molar refractivity (Wildman–Crippen MR) is 108 cm³/mol. The molecule has 1 unspecified atom stereocenters. The predicted octanol–water partition coefficient (Wildman–Crippen LogP) is 3.97. The molecule has 0 spiro atoms. The number of nitrogens with zero attached hydrogens (tertiary/aromatic N) is 4. The van der Waals surface area contributed by atoms with E-state index < -0.39 is 0 Å². The maximum absolute atomic E-state index is 13.5. The Morgan fingerprint density at radius 3 is 2.81 bits per heavy atom. The molecule has 3 atom stereocenters. The molecule has 0 bridgehead atoms. The van der Waals surface area contributed by atoms with E-state index in [2.05, 4.69) is 26.8 Å². The van der Waals surface area contributed by atoms with Crippen LogP contribution in [0.1, 0.15) is 18.9 Å². The third-order valence-corrected chi connectivity index (χ3v) is 5.85. The Bertz CT molecular complexity index is 931. The summed E-state index contributed by atoms with van der Waals surface area (Å²) in [5.74, 6) is 1.17. The minimum atomic E-state index is -0.210. The number of hydrogen-bond acceptors (Lipinski definition) is 4. The van der Waals surface area contributed by atoms with Gasteiger partial charge in [-0.1, -0.05) is 37.3 Å². The van der Waals surface area contributed by atoms with Crippen LogP contribution >= 0.6 is 11.6 Å². The zero-order valence-corrected chi connectivity index (χ0v) is 16.4. The highest BCUT2D eigenvalue weighted by atomic mass is 35.5. The highest BCUT2D eigenvalue weighted by molar-refractivity contribution is 6.28. The highest BCUT2D eigenvalue weighted by Gasteiger charge is 2.36. The first-order valence-corrected chi connectivity index (χ1v) is 9.67. The van der Waals surface area contributed by atoms with E-state index in [1.807, 2.05) is 49.6 Å². The van der Waals surface area contributed by atoms with E-state index in [1.165, 1.54) is 0 Å². The lowest BCUT2D eigenvalue weighted by molar-refractivity contribution is -0.900. The Balaban J connectivity index is 1.62. The van der Waals surface area contributed by atoms with Crippen molar-refractivity contribution in [3.8, 4) is 0 Å². The summed E-state index contributed by atoms with van der Waals surface area (Å²) in [5, 5.41) is 14.6. The van der Waals surface area contributed by atoms with Crippen molar-refractivity contribution in [3.05, 3.63) is 58.6 Å². The van der Waals surface area contributed by atoms with Gasteiger partial charge in [0.1, 0.15) is 18.0 Å². The third kappa shape index (κ3) is 3.65. The summed E-state index contributed by atoms with van der Waals surface area (Å²) in [6, 6.07) is 12.1. The van der Waals surface area contributed by atoms with E-state index in [-0.39, 0.29) is 16.0 Å². The van der Waals surface area contributed by atoms with Gasteiger partial charge in [0.05, 0.1) is 24.5 Å². The standard InChI is InChI=1S/C20H24ClN5O/c1-14-9-11-26(27,12-15-6-4-3-5-7-15)13-17(14)25(2)19-16-8-10-22-18(16)23-20(21)24-19/h3-8,10,14,17H,9,11-13H2,1-2H3,(H,22,23,24)/t14-,17+,26?/m1/s1. The van der Waals surface area contributed by atoms with Crippen LogP contribution in [0.5, 0.6) is 0 Å². The number of nitrogens with one attached hydrogen (secondary N) is 1. The second-order valence-corrected chi connectivity index (χ2v) is 7.95. The van der Waals surface area contributed by atoms with Crippen molar-refractivity contribution in [2.75, 3.05) is 25.0 Å². The summed E-state index contributed by atoms with van der Waals surface area (Å²) in [5.41, 5.74) is 1.80. The Morgan fingerprint density at radius 2 is 2.04 bits per heavy atom. The SMILES string of the molecule is C[C@@H]1CC[N+]([O-])(Cc2ccccc2)C[C@@H]1N(C)c1nc(Cl)nc2[nH]ccc12. The fourth-order valence-corrected chi connectivity index (χ4v) is 4.30.